The fraction of sp³-hybridized carbons (Fsp3) is 0.0833. The van der Waals surface area contributed by atoms with Crippen LogP contribution in [0.25, 0.3) is 11.4 Å². The van der Waals surface area contributed by atoms with E-state index < -0.39 is 18.0 Å². The fourth-order valence-corrected chi connectivity index (χ4v) is 1.99. The molecule has 0 saturated carbocycles. The Morgan fingerprint density at radius 2 is 1.95 bits per heavy atom. The van der Waals surface area contributed by atoms with Crippen molar-refractivity contribution in [2.75, 3.05) is 5.73 Å². The van der Waals surface area contributed by atoms with Gasteiger partial charge in [-0.05, 0) is 18.2 Å². The van der Waals surface area contributed by atoms with Crippen LogP contribution in [0.2, 0.25) is 5.02 Å². The van der Waals surface area contributed by atoms with E-state index in [1.165, 1.54) is 18.2 Å². The summed E-state index contributed by atoms with van der Waals surface area (Å²) < 4.78 is 34.5. The minimum absolute atomic E-state index is 0.0964. The van der Waals surface area contributed by atoms with Crippen molar-refractivity contribution in [1.29, 1.82) is 0 Å². The smallest absolute Gasteiger partial charge is 0.476 e. The maximum absolute atomic E-state index is 13.0. The van der Waals surface area contributed by atoms with Crippen molar-refractivity contribution in [1.82, 2.24) is 9.97 Å². The Kier molecular flexibility index (Phi) is 3.03. The molecule has 0 fully saturated rings. The first-order valence-electron chi connectivity index (χ1n) is 5.73. The lowest BCUT2D eigenvalue weighted by molar-refractivity contribution is -0.286. The van der Waals surface area contributed by atoms with E-state index in [0.29, 0.717) is 0 Å². The molecule has 1 aromatic heterocycles. The van der Waals surface area contributed by atoms with Crippen LogP contribution in [-0.2, 0) is 0 Å². The van der Waals surface area contributed by atoms with Crippen LogP contribution in [0.15, 0.2) is 18.2 Å². The molecule has 0 spiro atoms. The number of carboxylic acids is 1. The monoisotopic (exact) mass is 329 g/mol. The molecule has 114 valence electrons. The van der Waals surface area contributed by atoms with Gasteiger partial charge in [0.2, 0.25) is 0 Å². The number of nitrogens with zero attached hydrogens (tertiary/aromatic N) is 2. The van der Waals surface area contributed by atoms with Crippen LogP contribution in [0.1, 0.15) is 10.5 Å². The number of aromatic nitrogens is 2. The lowest BCUT2D eigenvalue weighted by atomic mass is 10.2. The molecular formula is C12H6ClF2N3O4. The molecule has 0 radical (unpaired) electrons. The molecule has 1 aromatic carbocycles. The third-order valence-corrected chi connectivity index (χ3v) is 3.11. The summed E-state index contributed by atoms with van der Waals surface area (Å²) in [5, 5.41) is 8.71. The van der Waals surface area contributed by atoms with Crippen LogP contribution in [0.5, 0.6) is 11.5 Å². The molecule has 7 nitrogen and oxygen atoms in total. The zero-order valence-corrected chi connectivity index (χ0v) is 11.3. The van der Waals surface area contributed by atoms with E-state index >= 15 is 0 Å². The number of fused-ring (bicyclic) bond motifs is 1. The van der Waals surface area contributed by atoms with E-state index in [0.717, 1.165) is 0 Å². The number of carbonyl (C=O) groups is 1. The first kappa shape index (κ1) is 14.3. The highest BCUT2D eigenvalue weighted by Gasteiger charge is 2.43. The SMILES string of the molecule is Nc1nc(-c2ccc3c(c2)OC(F)(F)O3)nc(C(=O)O)c1Cl. The van der Waals surface area contributed by atoms with Crippen LogP contribution in [-0.4, -0.2) is 27.3 Å². The van der Waals surface area contributed by atoms with Crippen molar-refractivity contribution in [3.8, 4) is 22.9 Å². The zero-order chi connectivity index (χ0) is 16.1. The van der Waals surface area contributed by atoms with Gasteiger partial charge in [0.15, 0.2) is 23.0 Å². The Morgan fingerprint density at radius 3 is 2.64 bits per heavy atom. The minimum atomic E-state index is -3.76. The van der Waals surface area contributed by atoms with Crippen molar-refractivity contribution in [3.63, 3.8) is 0 Å². The number of alkyl halides is 2. The average molecular weight is 330 g/mol. The van der Waals surface area contributed by atoms with Gasteiger partial charge in [0.1, 0.15) is 10.8 Å². The highest BCUT2D eigenvalue weighted by molar-refractivity contribution is 6.35. The summed E-state index contributed by atoms with van der Waals surface area (Å²) >= 11 is 5.70. The third kappa shape index (κ3) is 2.35. The molecule has 0 unspecified atom stereocenters. The molecule has 3 rings (SSSR count). The Labute approximate surface area is 126 Å². The standard InChI is InChI=1S/C12H6ClF2N3O4/c13-7-8(11(19)20)17-10(18-9(7)16)4-1-2-5-6(3-4)22-12(14,15)21-5/h1-3H,(H,19,20)(H2,16,17,18). The highest BCUT2D eigenvalue weighted by Crippen LogP contribution is 2.42. The van der Waals surface area contributed by atoms with Crippen molar-refractivity contribution in [3.05, 3.63) is 28.9 Å². The van der Waals surface area contributed by atoms with Gasteiger partial charge >= 0.3 is 12.3 Å². The maximum Gasteiger partial charge on any atom is 0.586 e. The number of hydrogen-bond donors (Lipinski definition) is 2. The van der Waals surface area contributed by atoms with Crippen LogP contribution in [0.4, 0.5) is 14.6 Å². The van der Waals surface area contributed by atoms with Gasteiger partial charge < -0.3 is 20.3 Å². The molecule has 1 aliphatic rings. The number of ether oxygens (including phenoxy) is 2. The fourth-order valence-electron chi connectivity index (χ4n) is 1.82. The quantitative estimate of drug-likeness (QED) is 0.870. The maximum atomic E-state index is 13.0. The number of anilines is 1. The summed E-state index contributed by atoms with van der Waals surface area (Å²) in [4.78, 5) is 18.6. The van der Waals surface area contributed by atoms with Crippen LogP contribution < -0.4 is 15.2 Å². The number of nitrogens with two attached hydrogens (primary N) is 1. The predicted octanol–water partition coefficient (Wildman–Crippen LogP) is 2.40. The van der Waals surface area contributed by atoms with Gasteiger partial charge in [-0.1, -0.05) is 11.6 Å². The first-order valence-corrected chi connectivity index (χ1v) is 6.11. The molecule has 10 heteroatoms. The van der Waals surface area contributed by atoms with Crippen molar-refractivity contribution >= 4 is 23.4 Å². The average Bonchev–Trinajstić information content (AvgIpc) is 2.73. The number of benzene rings is 1. The van der Waals surface area contributed by atoms with Crippen LogP contribution >= 0.6 is 11.6 Å². The van der Waals surface area contributed by atoms with Gasteiger partial charge in [0.25, 0.3) is 0 Å². The summed E-state index contributed by atoms with van der Waals surface area (Å²) in [6.45, 7) is 0. The second-order valence-corrected chi connectivity index (χ2v) is 4.61. The van der Waals surface area contributed by atoms with E-state index in [2.05, 4.69) is 19.4 Å². The molecule has 0 amide bonds. The molecule has 0 atom stereocenters. The molecule has 2 aromatic rings. The Morgan fingerprint density at radius 1 is 1.27 bits per heavy atom. The molecule has 0 saturated heterocycles. The highest BCUT2D eigenvalue weighted by atomic mass is 35.5. The van der Waals surface area contributed by atoms with E-state index in [9.17, 15) is 13.6 Å². The summed E-state index contributed by atoms with van der Waals surface area (Å²) in [6, 6.07) is 3.77. The second kappa shape index (κ2) is 4.67. The van der Waals surface area contributed by atoms with Crippen molar-refractivity contribution < 1.29 is 28.2 Å². The lowest BCUT2D eigenvalue weighted by Crippen LogP contribution is -2.25. The minimum Gasteiger partial charge on any atom is -0.476 e. The molecule has 2 heterocycles. The molecule has 22 heavy (non-hydrogen) atoms. The van der Waals surface area contributed by atoms with Crippen molar-refractivity contribution in [2.45, 2.75) is 6.29 Å². The van der Waals surface area contributed by atoms with Gasteiger partial charge in [-0.2, -0.15) is 0 Å². The largest absolute Gasteiger partial charge is 0.586 e. The summed E-state index contributed by atoms with van der Waals surface area (Å²) in [7, 11) is 0. The molecule has 1 aliphatic heterocycles. The first-order chi connectivity index (χ1) is 10.3. The second-order valence-electron chi connectivity index (χ2n) is 4.23. The topological polar surface area (TPSA) is 108 Å². The number of hydrogen-bond acceptors (Lipinski definition) is 6. The van der Waals surface area contributed by atoms with Gasteiger partial charge in [-0.25, -0.2) is 14.8 Å². The summed E-state index contributed by atoms with van der Waals surface area (Å²) in [6.07, 6.45) is -3.76. The number of aromatic carboxylic acids is 1. The molecule has 0 aliphatic carbocycles. The summed E-state index contributed by atoms with van der Waals surface area (Å²) in [5.74, 6) is -2.12. The zero-order valence-electron chi connectivity index (χ0n) is 10.5. The van der Waals surface area contributed by atoms with Gasteiger partial charge in [-0.15, -0.1) is 8.78 Å². The van der Waals surface area contributed by atoms with E-state index in [1.54, 1.807) is 0 Å². The number of nitrogen functional groups attached to an aromatic ring is 1. The number of rotatable bonds is 2. The van der Waals surface area contributed by atoms with E-state index in [1.807, 2.05) is 0 Å². The van der Waals surface area contributed by atoms with Gasteiger partial charge in [0, 0.05) is 5.56 Å². The van der Waals surface area contributed by atoms with E-state index in [-0.39, 0.29) is 33.7 Å². The normalized spacial score (nSPS) is 14.9. The molecular weight excluding hydrogens is 324 g/mol. The number of carboxylic acid groups (broad SMARTS) is 1. The Bertz CT molecular complexity index is 800. The molecule has 0 bridgehead atoms. The Balaban J connectivity index is 2.08. The van der Waals surface area contributed by atoms with E-state index in [4.69, 9.17) is 22.4 Å². The van der Waals surface area contributed by atoms with Crippen LogP contribution in [0.3, 0.4) is 0 Å². The lowest BCUT2D eigenvalue weighted by Gasteiger charge is -2.06. The number of halogens is 3. The third-order valence-electron chi connectivity index (χ3n) is 2.74. The predicted molar refractivity (Wildman–Crippen MR) is 70.1 cm³/mol. The van der Waals surface area contributed by atoms with Crippen molar-refractivity contribution in [2.24, 2.45) is 0 Å². The Hall–Kier alpha value is -2.68. The van der Waals surface area contributed by atoms with Crippen LogP contribution in [0, 0.1) is 0 Å². The van der Waals surface area contributed by atoms with Gasteiger partial charge in [-0.3, -0.25) is 0 Å². The molecule has 3 N–H and O–H groups in total. The summed E-state index contributed by atoms with van der Waals surface area (Å²) in [5.41, 5.74) is 5.25. The van der Waals surface area contributed by atoms with Gasteiger partial charge in [0.05, 0.1) is 0 Å².